The number of nitrogens with zero attached hydrogens (tertiary/aromatic N) is 3. The molecule has 1 aromatic carbocycles. The van der Waals surface area contributed by atoms with E-state index in [-0.39, 0.29) is 0 Å². The summed E-state index contributed by atoms with van der Waals surface area (Å²) < 4.78 is 5.47. The van der Waals surface area contributed by atoms with Gasteiger partial charge in [-0.2, -0.15) is 0 Å². The minimum Gasteiger partial charge on any atom is -0.490 e. The molecule has 0 radical (unpaired) electrons. The molecule has 1 N–H and O–H groups in total. The summed E-state index contributed by atoms with van der Waals surface area (Å²) in [6.45, 7) is 0.913. The summed E-state index contributed by atoms with van der Waals surface area (Å²) >= 11 is 0. The van der Waals surface area contributed by atoms with Crippen molar-refractivity contribution >= 4 is 17.3 Å². The molecule has 0 fully saturated rings. The van der Waals surface area contributed by atoms with Gasteiger partial charge in [0.2, 0.25) is 5.75 Å². The normalized spacial score (nSPS) is 13.3. The topological polar surface area (TPSA) is 50.3 Å². The number of fused-ring (bicyclic) bond motifs is 1. The van der Waals surface area contributed by atoms with Gasteiger partial charge in [0, 0.05) is 19.3 Å². The lowest BCUT2D eigenvalue weighted by molar-refractivity contribution is 0.413. The summed E-state index contributed by atoms with van der Waals surface area (Å²) in [4.78, 5) is 10.7. The fraction of sp³-hybridized carbons (Fsp3) is 0.286. The highest BCUT2D eigenvalue weighted by molar-refractivity contribution is 5.75. The van der Waals surface area contributed by atoms with Crippen LogP contribution < -0.4 is 15.0 Å². The average Bonchev–Trinajstić information content (AvgIpc) is 2.90. The van der Waals surface area contributed by atoms with E-state index in [0.717, 1.165) is 18.8 Å². The number of nitrogens with one attached hydrogen (secondary N) is 1. The molecule has 0 saturated carbocycles. The number of hydrogen-bond acceptors (Lipinski definition) is 5. The Labute approximate surface area is 112 Å². The van der Waals surface area contributed by atoms with Crippen LogP contribution in [-0.2, 0) is 6.42 Å². The van der Waals surface area contributed by atoms with E-state index in [2.05, 4.69) is 38.4 Å². The molecule has 0 atom stereocenters. The number of benzene rings is 1. The van der Waals surface area contributed by atoms with E-state index in [9.17, 15) is 0 Å². The number of anilines is 3. The first-order valence-corrected chi connectivity index (χ1v) is 6.27. The fourth-order valence-corrected chi connectivity index (χ4v) is 2.48. The van der Waals surface area contributed by atoms with Crippen LogP contribution in [0, 0.1) is 0 Å². The van der Waals surface area contributed by atoms with Gasteiger partial charge in [-0.15, -0.1) is 0 Å². The van der Waals surface area contributed by atoms with Gasteiger partial charge in [-0.25, -0.2) is 9.97 Å². The monoisotopic (exact) mass is 256 g/mol. The highest BCUT2D eigenvalue weighted by Crippen LogP contribution is 2.39. The summed E-state index contributed by atoms with van der Waals surface area (Å²) in [6.07, 6.45) is 2.59. The minimum absolute atomic E-state index is 0.682. The third-order valence-corrected chi connectivity index (χ3v) is 3.37. The lowest BCUT2D eigenvalue weighted by Crippen LogP contribution is -2.16. The van der Waals surface area contributed by atoms with Crippen LogP contribution in [0.3, 0.4) is 0 Å². The van der Waals surface area contributed by atoms with Gasteiger partial charge in [0.1, 0.15) is 6.33 Å². The summed E-state index contributed by atoms with van der Waals surface area (Å²) in [5.74, 6) is 2.20. The lowest BCUT2D eigenvalue weighted by Gasteiger charge is -2.21. The van der Waals surface area contributed by atoms with Gasteiger partial charge in [-0.3, -0.25) is 0 Å². The molecule has 0 saturated heterocycles. The van der Waals surface area contributed by atoms with Crippen LogP contribution in [0.25, 0.3) is 0 Å². The second-order valence-electron chi connectivity index (χ2n) is 4.36. The molecule has 5 nitrogen and oxygen atoms in total. The van der Waals surface area contributed by atoms with Crippen LogP contribution >= 0.6 is 0 Å². The van der Waals surface area contributed by atoms with Crippen molar-refractivity contribution in [3.05, 3.63) is 36.2 Å². The quantitative estimate of drug-likeness (QED) is 0.912. The number of hydrogen-bond donors (Lipinski definition) is 1. The van der Waals surface area contributed by atoms with E-state index in [1.807, 2.05) is 13.1 Å². The molecule has 1 aliphatic heterocycles. The van der Waals surface area contributed by atoms with Crippen LogP contribution in [0.5, 0.6) is 5.75 Å². The Balaban J connectivity index is 2.09. The van der Waals surface area contributed by atoms with Gasteiger partial charge in [0.25, 0.3) is 0 Å². The van der Waals surface area contributed by atoms with Crippen molar-refractivity contribution in [3.63, 3.8) is 0 Å². The van der Waals surface area contributed by atoms with Crippen molar-refractivity contribution in [3.8, 4) is 5.75 Å². The summed E-state index contributed by atoms with van der Waals surface area (Å²) in [5.41, 5.74) is 2.54. The van der Waals surface area contributed by atoms with Gasteiger partial charge in [0.15, 0.2) is 11.6 Å². The van der Waals surface area contributed by atoms with E-state index in [1.165, 1.54) is 11.3 Å². The van der Waals surface area contributed by atoms with Crippen LogP contribution in [0.4, 0.5) is 17.3 Å². The van der Waals surface area contributed by atoms with Crippen molar-refractivity contribution in [2.45, 2.75) is 6.42 Å². The molecule has 5 heteroatoms. The third-order valence-electron chi connectivity index (χ3n) is 3.37. The highest BCUT2D eigenvalue weighted by atomic mass is 16.5. The van der Waals surface area contributed by atoms with Crippen LogP contribution in [0.1, 0.15) is 5.56 Å². The lowest BCUT2D eigenvalue weighted by atomic mass is 10.2. The molecule has 19 heavy (non-hydrogen) atoms. The van der Waals surface area contributed by atoms with Gasteiger partial charge in [0.05, 0.1) is 7.11 Å². The van der Waals surface area contributed by atoms with Gasteiger partial charge < -0.3 is 15.0 Å². The standard InChI is InChI=1S/C14H16N4O/c1-15-13-12(19-2)14(17-9-16-13)18-8-7-10-5-3-4-6-11(10)18/h3-6,9H,7-8H2,1-2H3,(H,15,16,17). The molecular weight excluding hydrogens is 240 g/mol. The van der Waals surface area contributed by atoms with E-state index in [0.29, 0.717) is 11.6 Å². The van der Waals surface area contributed by atoms with Crippen molar-refractivity contribution in [1.82, 2.24) is 9.97 Å². The number of para-hydroxylation sites is 1. The molecular formula is C14H16N4O. The van der Waals surface area contributed by atoms with Crippen molar-refractivity contribution in [2.24, 2.45) is 0 Å². The molecule has 0 unspecified atom stereocenters. The van der Waals surface area contributed by atoms with Crippen LogP contribution in [0.2, 0.25) is 0 Å². The Bertz CT molecular complexity index is 600. The Morgan fingerprint density at radius 3 is 2.89 bits per heavy atom. The molecule has 0 aliphatic carbocycles. The Hall–Kier alpha value is -2.30. The maximum atomic E-state index is 5.47. The molecule has 1 aromatic heterocycles. The predicted molar refractivity (Wildman–Crippen MR) is 75.3 cm³/mol. The zero-order valence-corrected chi connectivity index (χ0v) is 11.1. The van der Waals surface area contributed by atoms with Gasteiger partial charge >= 0.3 is 0 Å². The number of methoxy groups -OCH3 is 1. The molecule has 0 spiro atoms. The number of aromatic nitrogens is 2. The maximum absolute atomic E-state index is 5.47. The summed E-state index contributed by atoms with van der Waals surface area (Å²) in [5, 5.41) is 3.03. The maximum Gasteiger partial charge on any atom is 0.204 e. The zero-order chi connectivity index (χ0) is 13.2. The largest absolute Gasteiger partial charge is 0.490 e. The smallest absolute Gasteiger partial charge is 0.204 e. The van der Waals surface area contributed by atoms with Crippen molar-refractivity contribution in [2.75, 3.05) is 30.9 Å². The fourth-order valence-electron chi connectivity index (χ4n) is 2.48. The van der Waals surface area contributed by atoms with E-state index in [4.69, 9.17) is 4.74 Å². The zero-order valence-electron chi connectivity index (χ0n) is 11.1. The third kappa shape index (κ3) is 1.87. The first kappa shape index (κ1) is 11.8. The minimum atomic E-state index is 0.682. The second kappa shape index (κ2) is 4.76. The second-order valence-corrected chi connectivity index (χ2v) is 4.36. The van der Waals surface area contributed by atoms with E-state index >= 15 is 0 Å². The Kier molecular flexibility index (Phi) is 2.95. The van der Waals surface area contributed by atoms with Crippen molar-refractivity contribution < 1.29 is 4.74 Å². The van der Waals surface area contributed by atoms with Gasteiger partial charge in [-0.05, 0) is 18.1 Å². The molecule has 2 heterocycles. The molecule has 0 bridgehead atoms. The van der Waals surface area contributed by atoms with Crippen LogP contribution in [-0.4, -0.2) is 30.7 Å². The first-order valence-electron chi connectivity index (χ1n) is 6.27. The Morgan fingerprint density at radius 2 is 2.11 bits per heavy atom. The predicted octanol–water partition coefficient (Wildman–Crippen LogP) is 2.22. The van der Waals surface area contributed by atoms with Gasteiger partial charge in [-0.1, -0.05) is 18.2 Å². The highest BCUT2D eigenvalue weighted by Gasteiger charge is 2.25. The molecule has 0 amide bonds. The number of rotatable bonds is 3. The molecule has 2 aromatic rings. The first-order chi connectivity index (χ1) is 9.35. The SMILES string of the molecule is CNc1ncnc(N2CCc3ccccc32)c1OC. The Morgan fingerprint density at radius 1 is 1.26 bits per heavy atom. The molecule has 98 valence electrons. The average molecular weight is 256 g/mol. The molecule has 3 rings (SSSR count). The van der Waals surface area contributed by atoms with Crippen LogP contribution in [0.15, 0.2) is 30.6 Å². The van der Waals surface area contributed by atoms with E-state index in [1.54, 1.807) is 13.4 Å². The summed E-state index contributed by atoms with van der Waals surface area (Å²) in [7, 11) is 3.47. The van der Waals surface area contributed by atoms with Crippen molar-refractivity contribution in [1.29, 1.82) is 0 Å². The number of ether oxygens (including phenoxy) is 1. The summed E-state index contributed by atoms with van der Waals surface area (Å²) in [6, 6.07) is 8.38. The molecule has 1 aliphatic rings. The van der Waals surface area contributed by atoms with E-state index < -0.39 is 0 Å².